The van der Waals surface area contributed by atoms with Crippen molar-refractivity contribution >= 4 is 6.08 Å². The van der Waals surface area contributed by atoms with Crippen LogP contribution in [0.4, 0.5) is 0 Å². The molecular weight excluding hydrogens is 101 g/mol. The van der Waals surface area contributed by atoms with Gasteiger partial charge in [0.05, 0.1) is 0 Å². The molecule has 0 aromatic rings. The predicted molar refractivity (Wildman–Crippen MR) is 8.12 cm³/mol. The summed E-state index contributed by atoms with van der Waals surface area (Å²) in [4.78, 5) is 8.79. The zero-order valence-electron chi connectivity index (χ0n) is 1.67. The van der Waals surface area contributed by atoms with Gasteiger partial charge in [-0.3, -0.25) is 0 Å². The number of hydrogen-bond donors (Lipinski definition) is 0. The van der Waals surface area contributed by atoms with Crippen molar-refractivity contribution in [3.63, 3.8) is 0 Å². The molecule has 25 valence electrons. The second-order valence-corrected chi connectivity index (χ2v) is 0.383. The molecule has 0 atom stereocenters. The van der Waals surface area contributed by atoms with Crippen LogP contribution in [-0.2, 0) is 20.5 Å². The van der Waals surface area contributed by atoms with Crippen LogP contribution in [0.25, 0.3) is 0 Å². The summed E-state index contributed by atoms with van der Waals surface area (Å²) < 4.78 is 2.56. The summed E-state index contributed by atoms with van der Waals surface area (Å²) in [5.74, 6) is 0. The van der Waals surface area contributed by atoms with Crippen LogP contribution in [-0.4, -0.2) is 6.08 Å². The van der Waals surface area contributed by atoms with Gasteiger partial charge in [-0.1, -0.05) is 0 Å². The van der Waals surface area contributed by atoms with Crippen molar-refractivity contribution in [1.82, 2.24) is 0 Å². The van der Waals surface area contributed by atoms with Gasteiger partial charge in [0, 0.05) is 0 Å². The Balaban J connectivity index is 3.11. The predicted octanol–water partition coefficient (Wildman–Crippen LogP) is -0.216. The summed E-state index contributed by atoms with van der Waals surface area (Å²) in [5, 5.41) is 0. The first kappa shape index (κ1) is 3.87. The van der Waals surface area contributed by atoms with Gasteiger partial charge >= 0.3 is 30.6 Å². The Kier molecular flexibility index (Phi) is 2.78. The molecule has 0 amide bonds. The molecule has 3 heteroatoms. The molecule has 0 spiro atoms. The molecule has 0 aliphatic heterocycles. The van der Waals surface area contributed by atoms with Crippen LogP contribution in [0.1, 0.15) is 0 Å². The molecule has 4 heavy (non-hydrogen) atoms. The third-order valence-electron chi connectivity index (χ3n) is 0.0289. The SMILES string of the molecule is O=C=[N][Ni]. The van der Waals surface area contributed by atoms with Crippen molar-refractivity contribution in [2.24, 2.45) is 4.07 Å². The van der Waals surface area contributed by atoms with Gasteiger partial charge in [0.2, 0.25) is 0 Å². The van der Waals surface area contributed by atoms with Crippen molar-refractivity contribution in [3.8, 4) is 0 Å². The van der Waals surface area contributed by atoms with Crippen LogP contribution in [0.3, 0.4) is 0 Å². The summed E-state index contributed by atoms with van der Waals surface area (Å²) in [5.41, 5.74) is 0. The molecule has 0 fully saturated rings. The van der Waals surface area contributed by atoms with Crippen molar-refractivity contribution in [2.75, 3.05) is 0 Å². The quantitative estimate of drug-likeness (QED) is 0.235. The molecule has 0 aliphatic carbocycles. The molecular formula is CNNiO. The molecule has 0 saturated carbocycles. The molecule has 0 rings (SSSR count). The molecule has 0 bridgehead atoms. The summed E-state index contributed by atoms with van der Waals surface area (Å²) in [7, 11) is 0. The van der Waals surface area contributed by atoms with E-state index >= 15 is 0 Å². The third kappa shape index (κ3) is 1.87. The summed E-state index contributed by atoms with van der Waals surface area (Å²) in [6.07, 6.45) is 1.14. The van der Waals surface area contributed by atoms with Crippen LogP contribution in [0.15, 0.2) is 4.07 Å². The molecule has 0 aromatic heterocycles. The van der Waals surface area contributed by atoms with Crippen molar-refractivity contribution in [3.05, 3.63) is 0 Å². The molecule has 0 aromatic carbocycles. The van der Waals surface area contributed by atoms with E-state index in [2.05, 4.69) is 19.8 Å². The molecule has 0 aliphatic rings. The van der Waals surface area contributed by atoms with E-state index in [9.17, 15) is 0 Å². The molecule has 0 saturated heterocycles. The first-order valence-electron chi connectivity index (χ1n) is 0.569. The summed E-state index contributed by atoms with van der Waals surface area (Å²) >= 11 is 3.52. The minimum absolute atomic E-state index is 1.14. The van der Waals surface area contributed by atoms with Gasteiger partial charge in [0.1, 0.15) is 0 Å². The third-order valence-corrected chi connectivity index (χ3v) is 0.119. The van der Waals surface area contributed by atoms with E-state index in [-0.39, 0.29) is 0 Å². The van der Waals surface area contributed by atoms with Gasteiger partial charge in [0.25, 0.3) is 0 Å². The number of nitrogens with zero attached hydrogens (tertiary/aromatic N) is 1. The van der Waals surface area contributed by atoms with Crippen LogP contribution in [0.5, 0.6) is 0 Å². The molecule has 0 radical (unpaired) electrons. The minimum atomic E-state index is 1.14. The maximum absolute atomic E-state index is 8.79. The summed E-state index contributed by atoms with van der Waals surface area (Å²) in [6.45, 7) is 0. The van der Waals surface area contributed by atoms with E-state index in [0.717, 1.165) is 6.08 Å². The van der Waals surface area contributed by atoms with Gasteiger partial charge in [-0.05, 0) is 0 Å². The van der Waals surface area contributed by atoms with E-state index < -0.39 is 0 Å². The van der Waals surface area contributed by atoms with Crippen LogP contribution in [0, 0.1) is 0 Å². The van der Waals surface area contributed by atoms with Crippen LogP contribution >= 0.6 is 0 Å². The fourth-order valence-electron chi connectivity index (χ4n) is 0. The topological polar surface area (TPSA) is 29.4 Å². The molecule has 0 unspecified atom stereocenters. The maximum atomic E-state index is 8.79. The zero-order valence-corrected chi connectivity index (χ0v) is 2.66. The first-order valence-corrected chi connectivity index (χ1v) is 1.01. The van der Waals surface area contributed by atoms with Crippen LogP contribution < -0.4 is 0 Å². The second-order valence-electron chi connectivity index (χ2n) is 0.162. The van der Waals surface area contributed by atoms with Crippen molar-refractivity contribution in [2.45, 2.75) is 0 Å². The van der Waals surface area contributed by atoms with Gasteiger partial charge in [-0.15, -0.1) is 0 Å². The Morgan fingerprint density at radius 2 is 2.25 bits per heavy atom. The Hall–Kier alpha value is -0.126. The van der Waals surface area contributed by atoms with E-state index in [1.807, 2.05) is 0 Å². The van der Waals surface area contributed by atoms with Gasteiger partial charge < -0.3 is 0 Å². The number of isocyanates is 1. The van der Waals surface area contributed by atoms with E-state index in [1.165, 1.54) is 0 Å². The fourth-order valence-corrected chi connectivity index (χ4v) is 0. The van der Waals surface area contributed by atoms with Gasteiger partial charge in [0.15, 0.2) is 0 Å². The molecule has 0 heterocycles. The zero-order chi connectivity index (χ0) is 3.41. The number of rotatable bonds is 0. The van der Waals surface area contributed by atoms with Crippen molar-refractivity contribution < 1.29 is 20.5 Å². The van der Waals surface area contributed by atoms with E-state index in [4.69, 9.17) is 4.79 Å². The van der Waals surface area contributed by atoms with E-state index in [1.54, 1.807) is 0 Å². The standard InChI is InChI=1S/CNO.Ni/c2-1-3;/q-1;+1. The Labute approximate surface area is 31.5 Å². The summed E-state index contributed by atoms with van der Waals surface area (Å²) in [6, 6.07) is 0. The van der Waals surface area contributed by atoms with Gasteiger partial charge in [-0.25, -0.2) is 0 Å². The normalized spacial score (nSPS) is 4.50. The Morgan fingerprint density at radius 1 is 2.00 bits per heavy atom. The molecule has 2 nitrogen and oxygen atoms in total. The molecule has 0 N–H and O–H groups in total. The Bertz CT molecular complexity index is 46.0. The van der Waals surface area contributed by atoms with E-state index in [0.29, 0.717) is 0 Å². The van der Waals surface area contributed by atoms with Crippen molar-refractivity contribution in [1.29, 1.82) is 0 Å². The monoisotopic (exact) mass is 99.9 g/mol. The van der Waals surface area contributed by atoms with Crippen LogP contribution in [0.2, 0.25) is 0 Å². The fraction of sp³-hybridized carbons (Fsp3) is 0. The number of carbonyl (C=O) groups excluding carboxylic acids is 1. The second kappa shape index (κ2) is 2.87. The Morgan fingerprint density at radius 3 is 2.25 bits per heavy atom. The first-order chi connectivity index (χ1) is 1.91. The van der Waals surface area contributed by atoms with Gasteiger partial charge in [-0.2, -0.15) is 0 Å². The average Bonchev–Trinajstić information content (AvgIpc) is 1.37. The average molecular weight is 101 g/mol. The number of hydrogen-bond acceptors (Lipinski definition) is 2.